The second-order valence-corrected chi connectivity index (χ2v) is 6.45. The maximum absolute atomic E-state index is 9.89. The first-order valence-electron chi connectivity index (χ1n) is 8.51. The molecule has 0 saturated carbocycles. The van der Waals surface area contributed by atoms with Crippen LogP contribution in [0, 0.1) is 0 Å². The Bertz CT molecular complexity index is 486. The summed E-state index contributed by atoms with van der Waals surface area (Å²) in [4.78, 5) is 2.12. The number of methoxy groups -OCH3 is 2. The van der Waals surface area contributed by atoms with Crippen LogP contribution in [0.25, 0.3) is 0 Å². The van der Waals surface area contributed by atoms with Crippen LogP contribution in [0.4, 0.5) is 0 Å². The normalized spacial score (nSPS) is 19.0. The molecule has 0 radical (unpaired) electrons. The van der Waals surface area contributed by atoms with Crippen LogP contribution in [0.2, 0.25) is 0 Å². The molecule has 0 aromatic heterocycles. The quantitative estimate of drug-likeness (QED) is 0.438. The topological polar surface area (TPSA) is 51.2 Å². The van der Waals surface area contributed by atoms with E-state index in [9.17, 15) is 5.11 Å². The molecule has 1 saturated heterocycles. The molecule has 2 rings (SSSR count). The average Bonchev–Trinajstić information content (AvgIpc) is 2.66. The highest BCUT2D eigenvalue weighted by atomic mass is 35.5. The number of piperidine rings is 1. The number of rotatable bonds is 8. The molecule has 2 unspecified atom stereocenters. The number of aliphatic hydroxyl groups is 1. The van der Waals surface area contributed by atoms with Gasteiger partial charge in [-0.3, -0.25) is 4.90 Å². The molecule has 0 bridgehead atoms. The van der Waals surface area contributed by atoms with Gasteiger partial charge in [0.05, 0.1) is 6.10 Å². The van der Waals surface area contributed by atoms with Crippen molar-refractivity contribution in [3.8, 4) is 5.75 Å². The summed E-state index contributed by atoms with van der Waals surface area (Å²) < 4.78 is 17.1. The van der Waals surface area contributed by atoms with Gasteiger partial charge in [-0.25, -0.2) is 0 Å². The smallest absolute Gasteiger partial charge is 0.358 e. The average molecular weight is 358 g/mol. The maximum Gasteiger partial charge on any atom is 0.358 e. The molecule has 1 aliphatic heterocycles. The molecular weight excluding hydrogens is 330 g/mol. The first-order valence-corrected chi connectivity index (χ1v) is 8.95. The van der Waals surface area contributed by atoms with Gasteiger partial charge in [-0.15, -0.1) is 0 Å². The van der Waals surface area contributed by atoms with E-state index >= 15 is 0 Å². The Kier molecular flexibility index (Phi) is 7.32. The highest BCUT2D eigenvalue weighted by Gasteiger charge is 2.45. The second-order valence-electron chi connectivity index (χ2n) is 6.04. The monoisotopic (exact) mass is 357 g/mol. The number of benzene rings is 1. The van der Waals surface area contributed by atoms with Crippen molar-refractivity contribution in [1.29, 1.82) is 0 Å². The van der Waals surface area contributed by atoms with Crippen LogP contribution in [0.5, 0.6) is 5.75 Å². The lowest BCUT2D eigenvalue weighted by atomic mass is 10.1. The predicted molar refractivity (Wildman–Crippen MR) is 94.1 cm³/mol. The SMILES string of the molecule is CCC(O)c1ccc(OC(OC)(OC)C(Cl)N2CCCCC2)cc1. The van der Waals surface area contributed by atoms with Gasteiger partial charge in [0.2, 0.25) is 0 Å². The summed E-state index contributed by atoms with van der Waals surface area (Å²) in [5.74, 6) is -0.808. The zero-order chi connectivity index (χ0) is 17.6. The molecule has 1 fully saturated rings. The van der Waals surface area contributed by atoms with Crippen molar-refractivity contribution in [2.45, 2.75) is 50.2 Å². The fourth-order valence-corrected chi connectivity index (χ4v) is 3.35. The molecule has 1 heterocycles. The molecule has 0 spiro atoms. The van der Waals surface area contributed by atoms with E-state index in [1.165, 1.54) is 20.6 Å². The van der Waals surface area contributed by atoms with Gasteiger partial charge in [0.1, 0.15) is 5.75 Å². The van der Waals surface area contributed by atoms with Crippen LogP contribution >= 0.6 is 11.6 Å². The molecule has 6 heteroatoms. The number of hydrogen-bond acceptors (Lipinski definition) is 5. The highest BCUT2D eigenvalue weighted by molar-refractivity contribution is 6.20. The molecule has 1 aromatic rings. The Hall–Kier alpha value is -0.850. The van der Waals surface area contributed by atoms with Crippen LogP contribution in [-0.4, -0.2) is 48.8 Å². The summed E-state index contributed by atoms with van der Waals surface area (Å²) in [5.41, 5.74) is 0.289. The van der Waals surface area contributed by atoms with E-state index in [0.29, 0.717) is 12.2 Å². The maximum atomic E-state index is 9.89. The van der Waals surface area contributed by atoms with Crippen molar-refractivity contribution in [3.05, 3.63) is 29.8 Å². The summed E-state index contributed by atoms with van der Waals surface area (Å²) in [6.07, 6.45) is 3.63. The molecule has 1 N–H and O–H groups in total. The summed E-state index contributed by atoms with van der Waals surface area (Å²) in [7, 11) is 3.05. The lowest BCUT2D eigenvalue weighted by Crippen LogP contribution is -2.57. The van der Waals surface area contributed by atoms with Crippen LogP contribution in [0.15, 0.2) is 24.3 Å². The van der Waals surface area contributed by atoms with E-state index in [4.69, 9.17) is 25.8 Å². The van der Waals surface area contributed by atoms with Gasteiger partial charge in [-0.1, -0.05) is 37.1 Å². The minimum Gasteiger partial charge on any atom is -0.437 e. The van der Waals surface area contributed by atoms with Crippen LogP contribution in [0.1, 0.15) is 44.3 Å². The lowest BCUT2D eigenvalue weighted by Gasteiger charge is -2.41. The number of halogens is 1. The molecule has 5 nitrogen and oxygen atoms in total. The Labute approximate surface area is 149 Å². The van der Waals surface area contributed by atoms with Crippen molar-refractivity contribution in [1.82, 2.24) is 4.90 Å². The van der Waals surface area contributed by atoms with Crippen molar-refractivity contribution >= 4 is 11.6 Å². The molecule has 24 heavy (non-hydrogen) atoms. The number of ether oxygens (including phenoxy) is 3. The molecule has 1 aromatic carbocycles. The first kappa shape index (κ1) is 19.5. The Balaban J connectivity index is 2.14. The molecule has 0 amide bonds. The van der Waals surface area contributed by atoms with Crippen molar-refractivity contribution in [3.63, 3.8) is 0 Å². The van der Waals surface area contributed by atoms with Gasteiger partial charge >= 0.3 is 5.97 Å². The van der Waals surface area contributed by atoms with Crippen molar-refractivity contribution < 1.29 is 19.3 Å². The van der Waals surface area contributed by atoms with E-state index in [1.54, 1.807) is 12.1 Å². The minimum absolute atomic E-state index is 0.470. The van der Waals surface area contributed by atoms with E-state index in [1.807, 2.05) is 19.1 Å². The van der Waals surface area contributed by atoms with Gasteiger partial charge in [0, 0.05) is 14.2 Å². The van der Waals surface area contributed by atoms with Crippen molar-refractivity contribution in [2.24, 2.45) is 0 Å². The molecule has 0 aliphatic carbocycles. The largest absolute Gasteiger partial charge is 0.437 e. The van der Waals surface area contributed by atoms with Crippen molar-refractivity contribution in [2.75, 3.05) is 27.3 Å². The molecule has 136 valence electrons. The summed E-state index contributed by atoms with van der Waals surface area (Å²) in [6, 6.07) is 7.26. The molecule has 1 aliphatic rings. The molecule has 2 atom stereocenters. The van der Waals surface area contributed by atoms with Gasteiger partial charge in [-0.2, -0.15) is 0 Å². The van der Waals surface area contributed by atoms with E-state index in [2.05, 4.69) is 4.90 Å². The second kappa shape index (κ2) is 9.02. The Morgan fingerprint density at radius 2 is 1.71 bits per heavy atom. The number of nitrogens with zero attached hydrogens (tertiary/aromatic N) is 1. The summed E-state index contributed by atoms with van der Waals surface area (Å²) >= 11 is 6.65. The highest BCUT2D eigenvalue weighted by Crippen LogP contribution is 2.31. The lowest BCUT2D eigenvalue weighted by molar-refractivity contribution is -0.337. The zero-order valence-corrected chi connectivity index (χ0v) is 15.5. The predicted octanol–water partition coefficient (Wildman–Crippen LogP) is 3.51. The molecular formula is C18H28ClNO4. The van der Waals surface area contributed by atoms with Gasteiger partial charge in [0.15, 0.2) is 5.50 Å². The third-order valence-electron chi connectivity index (χ3n) is 4.48. The van der Waals surface area contributed by atoms with E-state index in [0.717, 1.165) is 31.5 Å². The third-order valence-corrected chi connectivity index (χ3v) is 5.03. The number of alkyl halides is 1. The number of aliphatic hydroxyl groups excluding tert-OH is 1. The Morgan fingerprint density at radius 1 is 1.12 bits per heavy atom. The van der Waals surface area contributed by atoms with E-state index in [-0.39, 0.29) is 0 Å². The summed E-state index contributed by atoms with van der Waals surface area (Å²) in [6.45, 7) is 3.73. The zero-order valence-electron chi connectivity index (χ0n) is 14.7. The van der Waals surface area contributed by atoms with Crippen LogP contribution in [-0.2, 0) is 9.47 Å². The first-order chi connectivity index (χ1) is 11.6. The van der Waals surface area contributed by atoms with E-state index < -0.39 is 17.6 Å². The fraction of sp³-hybridized carbons (Fsp3) is 0.667. The summed E-state index contributed by atoms with van der Waals surface area (Å²) in [5, 5.41) is 9.89. The standard InChI is InChI=1S/C18H28ClNO4/c1-4-16(21)14-8-10-15(11-9-14)24-18(22-2,23-3)17(19)20-12-6-5-7-13-20/h8-11,16-17,21H,4-7,12-13H2,1-3H3. The third kappa shape index (κ3) is 4.41. The minimum atomic E-state index is -1.39. The van der Waals surface area contributed by atoms with Crippen LogP contribution < -0.4 is 4.74 Å². The van der Waals surface area contributed by atoms with Gasteiger partial charge in [0.25, 0.3) is 0 Å². The number of likely N-dealkylation sites (tertiary alicyclic amines) is 1. The van der Waals surface area contributed by atoms with Gasteiger partial charge < -0.3 is 19.3 Å². The fourth-order valence-electron chi connectivity index (χ4n) is 2.94. The Morgan fingerprint density at radius 3 is 2.21 bits per heavy atom. The van der Waals surface area contributed by atoms with Crippen LogP contribution in [0.3, 0.4) is 0 Å². The number of hydrogen-bond donors (Lipinski definition) is 1. The van der Waals surface area contributed by atoms with Gasteiger partial charge in [-0.05, 0) is 50.0 Å².